The van der Waals surface area contributed by atoms with Gasteiger partial charge in [0.2, 0.25) is 5.91 Å². The molecule has 0 aromatic heterocycles. The van der Waals surface area contributed by atoms with Crippen LogP contribution in [-0.2, 0) is 9.59 Å². The van der Waals surface area contributed by atoms with Crippen molar-refractivity contribution in [2.45, 2.75) is 20.3 Å². The number of benzene rings is 2. The molecule has 0 radical (unpaired) electrons. The van der Waals surface area contributed by atoms with Crippen molar-refractivity contribution in [3.63, 3.8) is 0 Å². The maximum absolute atomic E-state index is 12.5. The Kier molecular flexibility index (Phi) is 5.41. The molecule has 6 heteroatoms. The third-order valence-electron chi connectivity index (χ3n) is 3.96. The van der Waals surface area contributed by atoms with Crippen molar-refractivity contribution in [3.05, 3.63) is 48.0 Å². The second-order valence-corrected chi connectivity index (χ2v) is 6.19. The van der Waals surface area contributed by atoms with Gasteiger partial charge >= 0.3 is 5.97 Å². The number of ether oxygens (including phenoxy) is 2. The summed E-state index contributed by atoms with van der Waals surface area (Å²) in [5.41, 5.74) is 2.40. The number of rotatable bonds is 6. The van der Waals surface area contributed by atoms with E-state index in [1.54, 1.807) is 17.0 Å². The van der Waals surface area contributed by atoms with Crippen LogP contribution in [0.4, 0.5) is 11.4 Å². The molecule has 1 N–H and O–H groups in total. The Labute approximate surface area is 152 Å². The molecule has 0 bridgehead atoms. The Bertz CT molecular complexity index is 819. The summed E-state index contributed by atoms with van der Waals surface area (Å²) in [6, 6.07) is 12.9. The van der Waals surface area contributed by atoms with Crippen LogP contribution in [0, 0.1) is 6.92 Å². The van der Waals surface area contributed by atoms with E-state index in [4.69, 9.17) is 9.47 Å². The summed E-state index contributed by atoms with van der Waals surface area (Å²) < 4.78 is 10.9. The smallest absolute Gasteiger partial charge is 0.331 e. The first-order chi connectivity index (χ1) is 12.6. The summed E-state index contributed by atoms with van der Waals surface area (Å²) in [6.07, 6.45) is 0.883. The van der Waals surface area contributed by atoms with Gasteiger partial charge in [-0.2, -0.15) is 0 Å². The Morgan fingerprint density at radius 3 is 2.88 bits per heavy atom. The first-order valence-corrected chi connectivity index (χ1v) is 8.64. The number of nitrogens with one attached hydrogen (secondary N) is 1. The molecular formula is C20H22N2O4. The first-order valence-electron chi connectivity index (χ1n) is 8.64. The molecule has 1 aliphatic heterocycles. The molecule has 26 heavy (non-hydrogen) atoms. The molecule has 0 fully saturated rings. The molecule has 1 heterocycles. The van der Waals surface area contributed by atoms with E-state index in [0.29, 0.717) is 23.8 Å². The van der Waals surface area contributed by atoms with Crippen molar-refractivity contribution in [1.82, 2.24) is 0 Å². The number of para-hydroxylation sites is 2. The summed E-state index contributed by atoms with van der Waals surface area (Å²) in [7, 11) is 0. The zero-order chi connectivity index (χ0) is 18.5. The van der Waals surface area contributed by atoms with Crippen LogP contribution in [0.2, 0.25) is 0 Å². The van der Waals surface area contributed by atoms with E-state index in [1.165, 1.54) is 0 Å². The SMILES string of the molecule is CCCOc1ccccc1NC(=O)CN1CC(=O)Oc2ccc(C)cc21. The monoisotopic (exact) mass is 354 g/mol. The number of anilines is 2. The van der Waals surface area contributed by atoms with E-state index in [2.05, 4.69) is 5.32 Å². The fourth-order valence-corrected chi connectivity index (χ4v) is 2.77. The summed E-state index contributed by atoms with van der Waals surface area (Å²) in [5, 5.41) is 2.87. The number of nitrogens with zero attached hydrogens (tertiary/aromatic N) is 1. The van der Waals surface area contributed by atoms with Crippen molar-refractivity contribution in [2.24, 2.45) is 0 Å². The van der Waals surface area contributed by atoms with Gasteiger partial charge in [-0.15, -0.1) is 0 Å². The molecule has 0 atom stereocenters. The van der Waals surface area contributed by atoms with E-state index in [1.807, 2.05) is 44.2 Å². The van der Waals surface area contributed by atoms with Crippen molar-refractivity contribution in [1.29, 1.82) is 0 Å². The van der Waals surface area contributed by atoms with E-state index in [0.717, 1.165) is 17.7 Å². The number of carbonyl (C=O) groups is 2. The lowest BCUT2D eigenvalue weighted by atomic mass is 10.1. The third kappa shape index (κ3) is 4.14. The third-order valence-corrected chi connectivity index (χ3v) is 3.96. The topological polar surface area (TPSA) is 67.9 Å². The summed E-state index contributed by atoms with van der Waals surface area (Å²) >= 11 is 0. The number of aryl methyl sites for hydroxylation is 1. The molecular weight excluding hydrogens is 332 g/mol. The largest absolute Gasteiger partial charge is 0.491 e. The molecule has 3 rings (SSSR count). The van der Waals surface area contributed by atoms with Crippen LogP contribution in [0.3, 0.4) is 0 Å². The average molecular weight is 354 g/mol. The number of hydrogen-bond donors (Lipinski definition) is 1. The molecule has 0 spiro atoms. The predicted molar refractivity (Wildman–Crippen MR) is 99.9 cm³/mol. The molecule has 1 aliphatic rings. The van der Waals surface area contributed by atoms with Gasteiger partial charge in [-0.25, -0.2) is 4.79 Å². The number of esters is 1. The lowest BCUT2D eigenvalue weighted by Gasteiger charge is -2.29. The molecule has 2 aromatic carbocycles. The predicted octanol–water partition coefficient (Wildman–Crippen LogP) is 3.15. The molecule has 0 saturated heterocycles. The van der Waals surface area contributed by atoms with Crippen molar-refractivity contribution >= 4 is 23.3 Å². The highest BCUT2D eigenvalue weighted by atomic mass is 16.5. The fourth-order valence-electron chi connectivity index (χ4n) is 2.77. The first kappa shape index (κ1) is 17.8. The maximum atomic E-state index is 12.5. The van der Waals surface area contributed by atoms with E-state index < -0.39 is 0 Å². The molecule has 136 valence electrons. The van der Waals surface area contributed by atoms with Gasteiger partial charge in [0, 0.05) is 0 Å². The van der Waals surface area contributed by atoms with Gasteiger partial charge in [-0.05, 0) is 43.2 Å². The summed E-state index contributed by atoms with van der Waals surface area (Å²) in [5.74, 6) is 0.517. The second-order valence-electron chi connectivity index (χ2n) is 6.19. The number of hydrogen-bond acceptors (Lipinski definition) is 5. The number of fused-ring (bicyclic) bond motifs is 1. The van der Waals surface area contributed by atoms with Crippen LogP contribution < -0.4 is 19.7 Å². The highest BCUT2D eigenvalue weighted by molar-refractivity contribution is 5.97. The minimum atomic E-state index is -0.374. The molecule has 0 aliphatic carbocycles. The fraction of sp³-hybridized carbons (Fsp3) is 0.300. The Hall–Kier alpha value is -3.02. The van der Waals surface area contributed by atoms with Crippen LogP contribution in [0.15, 0.2) is 42.5 Å². The zero-order valence-electron chi connectivity index (χ0n) is 15.0. The highest BCUT2D eigenvalue weighted by Crippen LogP contribution is 2.32. The Balaban J connectivity index is 1.73. The Morgan fingerprint density at radius 1 is 1.27 bits per heavy atom. The Morgan fingerprint density at radius 2 is 2.08 bits per heavy atom. The van der Waals surface area contributed by atoms with Crippen molar-refractivity contribution in [3.8, 4) is 11.5 Å². The number of amides is 1. The number of carbonyl (C=O) groups excluding carboxylic acids is 2. The van der Waals surface area contributed by atoms with Crippen LogP contribution in [0.1, 0.15) is 18.9 Å². The maximum Gasteiger partial charge on any atom is 0.331 e. The molecule has 6 nitrogen and oxygen atoms in total. The average Bonchev–Trinajstić information content (AvgIpc) is 2.61. The molecule has 2 aromatic rings. The summed E-state index contributed by atoms with van der Waals surface area (Å²) in [6.45, 7) is 4.65. The van der Waals surface area contributed by atoms with Crippen molar-refractivity contribution < 1.29 is 19.1 Å². The van der Waals surface area contributed by atoms with Crippen LogP contribution >= 0.6 is 0 Å². The lowest BCUT2D eigenvalue weighted by molar-refractivity contribution is -0.133. The van der Waals surface area contributed by atoms with E-state index in [9.17, 15) is 9.59 Å². The van der Waals surface area contributed by atoms with Gasteiger partial charge in [0.05, 0.1) is 24.5 Å². The minimum Gasteiger partial charge on any atom is -0.491 e. The van der Waals surface area contributed by atoms with Gasteiger partial charge in [-0.3, -0.25) is 4.79 Å². The van der Waals surface area contributed by atoms with Crippen molar-refractivity contribution in [2.75, 3.05) is 29.9 Å². The normalized spacial score (nSPS) is 13.0. The van der Waals surface area contributed by atoms with E-state index in [-0.39, 0.29) is 25.0 Å². The van der Waals surface area contributed by atoms with Gasteiger partial charge in [0.25, 0.3) is 0 Å². The summed E-state index contributed by atoms with van der Waals surface area (Å²) in [4.78, 5) is 26.1. The second kappa shape index (κ2) is 7.91. The van der Waals surface area contributed by atoms with Crippen LogP contribution in [-0.4, -0.2) is 31.6 Å². The molecule has 1 amide bonds. The standard InChI is InChI=1S/C20H22N2O4/c1-3-10-25-17-7-5-4-6-15(17)21-19(23)12-22-13-20(24)26-18-9-8-14(2)11-16(18)22/h4-9,11H,3,10,12-13H2,1-2H3,(H,21,23). The van der Waals surface area contributed by atoms with Crippen LogP contribution in [0.5, 0.6) is 11.5 Å². The zero-order valence-corrected chi connectivity index (χ0v) is 15.0. The van der Waals surface area contributed by atoms with E-state index >= 15 is 0 Å². The van der Waals surface area contributed by atoms with Crippen LogP contribution in [0.25, 0.3) is 0 Å². The van der Waals surface area contributed by atoms with Gasteiger partial charge < -0.3 is 19.7 Å². The minimum absolute atomic E-state index is 0.0395. The molecule has 0 unspecified atom stereocenters. The van der Waals surface area contributed by atoms with Gasteiger partial charge in [-0.1, -0.05) is 25.1 Å². The highest BCUT2D eigenvalue weighted by Gasteiger charge is 2.26. The van der Waals surface area contributed by atoms with Gasteiger partial charge in [0.1, 0.15) is 12.3 Å². The lowest BCUT2D eigenvalue weighted by Crippen LogP contribution is -2.41. The molecule has 0 saturated carbocycles. The van der Waals surface area contributed by atoms with Gasteiger partial charge in [0.15, 0.2) is 5.75 Å². The quantitative estimate of drug-likeness (QED) is 0.638.